The molecule has 1 aromatic rings. The largest absolute Gasteiger partial charge is 0.491 e. The van der Waals surface area contributed by atoms with Crippen LogP contribution in [0.4, 0.5) is 0 Å². The quantitative estimate of drug-likeness (QED) is 0.871. The zero-order valence-corrected chi connectivity index (χ0v) is 12.0. The molecule has 0 saturated carbocycles. The van der Waals surface area contributed by atoms with Gasteiger partial charge in [0, 0.05) is 19.2 Å². The van der Waals surface area contributed by atoms with Crippen LogP contribution in [0, 0.1) is 0 Å². The molecular weight excluding hydrogens is 262 g/mol. The van der Waals surface area contributed by atoms with E-state index in [0.29, 0.717) is 17.7 Å². The number of hydrogen-bond donors (Lipinski definition) is 1. The van der Waals surface area contributed by atoms with E-state index in [1.165, 1.54) is 19.3 Å². The molecule has 0 bridgehead atoms. The molecule has 0 spiro atoms. The van der Waals surface area contributed by atoms with Crippen molar-refractivity contribution in [3.63, 3.8) is 0 Å². The molecule has 4 heteroatoms. The van der Waals surface area contributed by atoms with Gasteiger partial charge in [0.15, 0.2) is 0 Å². The summed E-state index contributed by atoms with van der Waals surface area (Å²) in [5.74, 6) is 0.750. The van der Waals surface area contributed by atoms with Gasteiger partial charge in [-0.2, -0.15) is 0 Å². The topological polar surface area (TPSA) is 32.7 Å². The van der Waals surface area contributed by atoms with Crippen molar-refractivity contribution in [2.24, 2.45) is 0 Å². The monoisotopic (exact) mass is 283 g/mol. The highest BCUT2D eigenvalue weighted by Gasteiger charge is 2.21. The van der Waals surface area contributed by atoms with Gasteiger partial charge in [-0.25, -0.2) is 0 Å². The summed E-state index contributed by atoms with van der Waals surface area (Å²) in [4.78, 5) is 2.43. The zero-order chi connectivity index (χ0) is 13.5. The number of hydrogen-bond acceptors (Lipinski definition) is 3. The first-order chi connectivity index (χ1) is 9.31. The summed E-state index contributed by atoms with van der Waals surface area (Å²) in [6.45, 7) is 2.92. The number of likely N-dealkylation sites (tertiary alicyclic amines) is 1. The number of aliphatic hydroxyl groups excluding tert-OH is 1. The van der Waals surface area contributed by atoms with Crippen molar-refractivity contribution in [2.45, 2.75) is 31.7 Å². The van der Waals surface area contributed by atoms with Gasteiger partial charge in [0.05, 0.1) is 5.02 Å². The van der Waals surface area contributed by atoms with Crippen molar-refractivity contribution < 1.29 is 9.84 Å². The van der Waals surface area contributed by atoms with E-state index in [2.05, 4.69) is 4.90 Å². The molecule has 1 saturated heterocycles. The molecule has 1 N–H and O–H groups in total. The molecule has 106 valence electrons. The average Bonchev–Trinajstić information content (AvgIpc) is 2.43. The highest BCUT2D eigenvalue weighted by Crippen LogP contribution is 2.23. The minimum atomic E-state index is 0.270. The second-order valence-electron chi connectivity index (χ2n) is 4.98. The van der Waals surface area contributed by atoms with Gasteiger partial charge in [-0.1, -0.05) is 30.2 Å². The molecule has 1 aliphatic heterocycles. The standard InChI is InChI=1S/C15H22ClNO2/c16-14-6-1-2-7-15(14)19-12-10-17-9-4-3-5-13(17)8-11-18/h1-2,6-7,13,18H,3-5,8-12H2. The maximum absolute atomic E-state index is 9.10. The van der Waals surface area contributed by atoms with Crippen LogP contribution in [0.25, 0.3) is 0 Å². The Morgan fingerprint density at radius 3 is 2.95 bits per heavy atom. The Labute approximate surface area is 120 Å². The molecule has 0 amide bonds. The van der Waals surface area contributed by atoms with Crippen molar-refractivity contribution in [2.75, 3.05) is 26.3 Å². The summed E-state index contributed by atoms with van der Waals surface area (Å²) >= 11 is 6.05. The van der Waals surface area contributed by atoms with Crippen molar-refractivity contribution in [3.05, 3.63) is 29.3 Å². The van der Waals surface area contributed by atoms with Crippen molar-refractivity contribution in [1.82, 2.24) is 4.90 Å². The Hall–Kier alpha value is -0.770. The fraction of sp³-hybridized carbons (Fsp3) is 0.600. The van der Waals surface area contributed by atoms with E-state index in [-0.39, 0.29) is 6.61 Å². The number of nitrogens with zero attached hydrogens (tertiary/aromatic N) is 1. The van der Waals surface area contributed by atoms with Gasteiger partial charge >= 0.3 is 0 Å². The molecule has 1 unspecified atom stereocenters. The molecule has 0 radical (unpaired) electrons. The molecule has 1 aromatic carbocycles. The maximum Gasteiger partial charge on any atom is 0.137 e. The summed E-state index contributed by atoms with van der Waals surface area (Å²) in [7, 11) is 0. The van der Waals surface area contributed by atoms with Gasteiger partial charge < -0.3 is 9.84 Å². The summed E-state index contributed by atoms with van der Waals surface area (Å²) in [5, 5.41) is 9.76. The number of rotatable bonds is 6. The van der Waals surface area contributed by atoms with Gasteiger partial charge in [0.1, 0.15) is 12.4 Å². The fourth-order valence-corrected chi connectivity index (χ4v) is 2.86. The molecule has 1 fully saturated rings. The Bertz CT molecular complexity index is 384. The van der Waals surface area contributed by atoms with Crippen LogP contribution in [0.1, 0.15) is 25.7 Å². The third-order valence-electron chi connectivity index (χ3n) is 3.68. The third kappa shape index (κ3) is 4.37. The van der Waals surface area contributed by atoms with Crippen molar-refractivity contribution in [1.29, 1.82) is 0 Å². The lowest BCUT2D eigenvalue weighted by atomic mass is 10.00. The van der Waals surface area contributed by atoms with Gasteiger partial charge in [-0.05, 0) is 37.9 Å². The van der Waals surface area contributed by atoms with E-state index in [4.69, 9.17) is 21.4 Å². The minimum absolute atomic E-state index is 0.270. The van der Waals surface area contributed by atoms with Crippen LogP contribution in [0.2, 0.25) is 5.02 Å². The number of ether oxygens (including phenoxy) is 1. The van der Waals surface area contributed by atoms with E-state index in [1.54, 1.807) is 0 Å². The number of halogens is 1. The lowest BCUT2D eigenvalue weighted by molar-refractivity contribution is 0.102. The predicted octanol–water partition coefficient (Wildman–Crippen LogP) is 2.96. The van der Waals surface area contributed by atoms with E-state index in [9.17, 15) is 0 Å². The lowest BCUT2D eigenvalue weighted by Crippen LogP contribution is -2.42. The molecule has 0 aromatic heterocycles. The van der Waals surface area contributed by atoms with Crippen LogP contribution in [0.3, 0.4) is 0 Å². The third-order valence-corrected chi connectivity index (χ3v) is 4.00. The zero-order valence-electron chi connectivity index (χ0n) is 11.2. The maximum atomic E-state index is 9.10. The Kier molecular flexibility index (Phi) is 5.95. The first kappa shape index (κ1) is 14.6. The van der Waals surface area contributed by atoms with Crippen LogP contribution in [-0.2, 0) is 0 Å². The van der Waals surface area contributed by atoms with E-state index >= 15 is 0 Å². The van der Waals surface area contributed by atoms with Crippen molar-refractivity contribution >= 4 is 11.6 Å². The first-order valence-corrected chi connectivity index (χ1v) is 7.41. The second-order valence-corrected chi connectivity index (χ2v) is 5.38. The van der Waals surface area contributed by atoms with Crippen molar-refractivity contribution in [3.8, 4) is 5.75 Å². The highest BCUT2D eigenvalue weighted by molar-refractivity contribution is 6.32. The number of benzene rings is 1. The van der Waals surface area contributed by atoms with E-state index in [0.717, 1.165) is 25.3 Å². The molecule has 1 atom stereocenters. The molecule has 2 rings (SSSR count). The Morgan fingerprint density at radius 2 is 2.16 bits per heavy atom. The lowest BCUT2D eigenvalue weighted by Gasteiger charge is -2.35. The van der Waals surface area contributed by atoms with Crippen LogP contribution >= 0.6 is 11.6 Å². The Morgan fingerprint density at radius 1 is 1.32 bits per heavy atom. The summed E-state index contributed by atoms with van der Waals surface area (Å²) in [5.41, 5.74) is 0. The minimum Gasteiger partial charge on any atom is -0.491 e. The SMILES string of the molecule is OCCC1CCCCN1CCOc1ccccc1Cl. The van der Waals surface area contributed by atoms with Crippen LogP contribution < -0.4 is 4.74 Å². The smallest absolute Gasteiger partial charge is 0.137 e. The average molecular weight is 284 g/mol. The van der Waals surface area contributed by atoms with Gasteiger partial charge in [0.25, 0.3) is 0 Å². The Balaban J connectivity index is 1.79. The van der Waals surface area contributed by atoms with E-state index in [1.807, 2.05) is 24.3 Å². The summed E-state index contributed by atoms with van der Waals surface area (Å²) in [6, 6.07) is 8.07. The predicted molar refractivity (Wildman–Crippen MR) is 77.9 cm³/mol. The van der Waals surface area contributed by atoms with Gasteiger partial charge in [-0.15, -0.1) is 0 Å². The summed E-state index contributed by atoms with van der Waals surface area (Å²) in [6.07, 6.45) is 4.57. The molecule has 19 heavy (non-hydrogen) atoms. The first-order valence-electron chi connectivity index (χ1n) is 7.03. The van der Waals surface area contributed by atoms with Crippen LogP contribution in [-0.4, -0.2) is 42.4 Å². The second kappa shape index (κ2) is 7.73. The number of aliphatic hydroxyl groups is 1. The van der Waals surface area contributed by atoms with Crippen LogP contribution in [0.5, 0.6) is 5.75 Å². The molecule has 1 heterocycles. The summed E-state index contributed by atoms with van der Waals surface area (Å²) < 4.78 is 5.73. The molecule has 0 aliphatic carbocycles. The van der Waals surface area contributed by atoms with Crippen LogP contribution in [0.15, 0.2) is 24.3 Å². The normalized spacial score (nSPS) is 20.4. The van der Waals surface area contributed by atoms with E-state index < -0.39 is 0 Å². The highest BCUT2D eigenvalue weighted by atomic mass is 35.5. The molecule has 1 aliphatic rings. The fourth-order valence-electron chi connectivity index (χ4n) is 2.66. The molecule has 3 nitrogen and oxygen atoms in total. The molecular formula is C15H22ClNO2. The number of piperidine rings is 1. The number of para-hydroxylation sites is 1. The van der Waals surface area contributed by atoms with Gasteiger partial charge in [0.2, 0.25) is 0 Å². The van der Waals surface area contributed by atoms with Gasteiger partial charge in [-0.3, -0.25) is 4.90 Å².